The lowest BCUT2D eigenvalue weighted by Gasteiger charge is -2.24. The van der Waals surface area contributed by atoms with Crippen molar-refractivity contribution in [2.24, 2.45) is 0 Å². The monoisotopic (exact) mass is 618 g/mol. The van der Waals surface area contributed by atoms with Crippen LogP contribution in [0.25, 0.3) is 16.0 Å². The number of nitrogens with zero attached hydrogens (tertiary/aromatic N) is 2. The van der Waals surface area contributed by atoms with Gasteiger partial charge in [-0.1, -0.05) is 36.8 Å². The molecule has 1 fully saturated rings. The normalized spacial score (nSPS) is 15.9. The van der Waals surface area contributed by atoms with Crippen LogP contribution in [0.4, 0.5) is 5.13 Å². The standard InChI is InChI=1S/C33H34N2O8S/c1-6-8-14-43-21-11-9-10-19(15-21)29(36)27-28(20-16-24(39-3)31(41-5)25(17-20)40-4)35(32(38)30(27)37)33-34-23-13-12-22(42-7-2)18-26(23)44-33/h9-13,15-18,28,36H,6-8,14H2,1-5H3/b29-27+. The van der Waals surface area contributed by atoms with Crippen molar-refractivity contribution >= 4 is 44.1 Å². The molecule has 1 aliphatic heterocycles. The highest BCUT2D eigenvalue weighted by atomic mass is 32.1. The molecule has 0 bridgehead atoms. The van der Waals surface area contributed by atoms with Gasteiger partial charge in [-0.05, 0) is 61.4 Å². The quantitative estimate of drug-likeness (QED) is 0.0819. The Morgan fingerprint density at radius 2 is 1.66 bits per heavy atom. The van der Waals surface area contributed by atoms with Gasteiger partial charge in [-0.25, -0.2) is 4.98 Å². The number of carbonyl (C=O) groups is 2. The number of anilines is 1. The highest BCUT2D eigenvalue weighted by molar-refractivity contribution is 7.22. The largest absolute Gasteiger partial charge is 0.507 e. The molecule has 3 aromatic carbocycles. The Hall–Kier alpha value is -4.77. The van der Waals surface area contributed by atoms with E-state index in [2.05, 4.69) is 6.92 Å². The van der Waals surface area contributed by atoms with Crippen LogP contribution in [0.2, 0.25) is 0 Å². The van der Waals surface area contributed by atoms with Crippen LogP contribution in [0.1, 0.15) is 43.9 Å². The number of thiazole rings is 1. The van der Waals surface area contributed by atoms with E-state index in [1.165, 1.54) is 37.6 Å². The van der Waals surface area contributed by atoms with E-state index >= 15 is 0 Å². The summed E-state index contributed by atoms with van der Waals surface area (Å²) in [7, 11) is 4.44. The second-order valence-electron chi connectivity index (χ2n) is 9.92. The molecule has 1 amide bonds. The summed E-state index contributed by atoms with van der Waals surface area (Å²) in [5.74, 6) is 0.171. The van der Waals surface area contributed by atoms with Gasteiger partial charge in [0.15, 0.2) is 16.6 Å². The van der Waals surface area contributed by atoms with Gasteiger partial charge >= 0.3 is 5.91 Å². The van der Waals surface area contributed by atoms with Crippen molar-refractivity contribution in [2.45, 2.75) is 32.7 Å². The summed E-state index contributed by atoms with van der Waals surface area (Å²) in [6, 6.07) is 14.5. The van der Waals surface area contributed by atoms with E-state index in [0.29, 0.717) is 58.6 Å². The first-order chi connectivity index (χ1) is 21.3. The molecule has 0 spiro atoms. The molecule has 5 rings (SSSR count). The number of hydrogen-bond donors (Lipinski definition) is 1. The lowest BCUT2D eigenvalue weighted by molar-refractivity contribution is -0.132. The van der Waals surface area contributed by atoms with Crippen LogP contribution in [0.5, 0.6) is 28.7 Å². The summed E-state index contributed by atoms with van der Waals surface area (Å²) >= 11 is 1.24. The van der Waals surface area contributed by atoms with Crippen LogP contribution in [0.3, 0.4) is 0 Å². The molecule has 44 heavy (non-hydrogen) atoms. The molecule has 1 atom stereocenters. The number of Topliss-reactive ketones (excluding diaryl/α,β-unsaturated/α-hetero) is 1. The smallest absolute Gasteiger partial charge is 0.301 e. The molecule has 1 aliphatic rings. The first kappa shape index (κ1) is 30.7. The minimum absolute atomic E-state index is 0.107. The summed E-state index contributed by atoms with van der Waals surface area (Å²) in [4.78, 5) is 33.6. The SMILES string of the molecule is CCCCOc1cccc(/C(O)=C2\C(=O)C(=O)N(c3nc4ccc(OCC)cc4s3)C2c2cc(OC)c(OC)c(OC)c2)c1. The first-order valence-electron chi connectivity index (χ1n) is 14.2. The van der Waals surface area contributed by atoms with Crippen molar-refractivity contribution in [3.63, 3.8) is 0 Å². The maximum Gasteiger partial charge on any atom is 0.301 e. The van der Waals surface area contributed by atoms with Gasteiger partial charge in [0.1, 0.15) is 17.3 Å². The fourth-order valence-corrected chi connectivity index (χ4v) is 6.10. The van der Waals surface area contributed by atoms with Crippen molar-refractivity contribution in [3.8, 4) is 28.7 Å². The fourth-order valence-electron chi connectivity index (χ4n) is 5.08. The summed E-state index contributed by atoms with van der Waals surface area (Å²) < 4.78 is 28.9. The van der Waals surface area contributed by atoms with Gasteiger partial charge in [-0.2, -0.15) is 0 Å². The van der Waals surface area contributed by atoms with Crippen LogP contribution >= 0.6 is 11.3 Å². The van der Waals surface area contributed by atoms with Crippen LogP contribution in [-0.4, -0.2) is 56.3 Å². The van der Waals surface area contributed by atoms with Gasteiger partial charge < -0.3 is 28.8 Å². The minimum Gasteiger partial charge on any atom is -0.507 e. The van der Waals surface area contributed by atoms with Crippen molar-refractivity contribution in [1.29, 1.82) is 0 Å². The molecule has 1 saturated heterocycles. The molecular weight excluding hydrogens is 584 g/mol. The Balaban J connectivity index is 1.71. The van der Waals surface area contributed by atoms with Gasteiger partial charge in [0, 0.05) is 5.56 Å². The molecule has 0 radical (unpaired) electrons. The van der Waals surface area contributed by atoms with Crippen LogP contribution < -0.4 is 28.6 Å². The maximum absolute atomic E-state index is 13.8. The molecule has 0 saturated carbocycles. The Morgan fingerprint density at radius 3 is 2.32 bits per heavy atom. The maximum atomic E-state index is 13.8. The number of rotatable bonds is 12. The molecule has 11 heteroatoms. The molecular formula is C33H34N2O8S. The fraction of sp³-hybridized carbons (Fsp3) is 0.303. The molecule has 1 unspecified atom stereocenters. The number of fused-ring (bicyclic) bond motifs is 1. The van der Waals surface area contributed by atoms with Crippen molar-refractivity contribution in [1.82, 2.24) is 4.98 Å². The Bertz CT molecular complexity index is 1710. The number of benzene rings is 3. The average molecular weight is 619 g/mol. The number of ether oxygens (including phenoxy) is 5. The topological polar surface area (TPSA) is 117 Å². The van der Waals surface area contributed by atoms with Crippen molar-refractivity contribution < 1.29 is 38.4 Å². The highest BCUT2D eigenvalue weighted by Crippen LogP contribution is 2.48. The van der Waals surface area contributed by atoms with E-state index in [1.54, 1.807) is 48.5 Å². The number of ketones is 1. The third-order valence-electron chi connectivity index (χ3n) is 7.19. The second-order valence-corrected chi connectivity index (χ2v) is 10.9. The van der Waals surface area contributed by atoms with Crippen LogP contribution in [0, 0.1) is 0 Å². The zero-order valence-electron chi connectivity index (χ0n) is 25.2. The number of methoxy groups -OCH3 is 3. The van der Waals surface area contributed by atoms with E-state index in [1.807, 2.05) is 13.0 Å². The number of hydrogen-bond acceptors (Lipinski definition) is 10. The Labute approximate surface area is 259 Å². The molecule has 4 aromatic rings. The highest BCUT2D eigenvalue weighted by Gasteiger charge is 2.48. The third kappa shape index (κ3) is 5.74. The minimum atomic E-state index is -1.07. The summed E-state index contributed by atoms with van der Waals surface area (Å²) in [5, 5.41) is 12.0. The lowest BCUT2D eigenvalue weighted by atomic mass is 9.94. The molecule has 10 nitrogen and oxygen atoms in total. The van der Waals surface area contributed by atoms with E-state index < -0.39 is 17.7 Å². The van der Waals surface area contributed by atoms with Crippen molar-refractivity contribution in [2.75, 3.05) is 39.4 Å². The molecule has 230 valence electrons. The molecule has 2 heterocycles. The third-order valence-corrected chi connectivity index (χ3v) is 8.20. The number of amides is 1. The summed E-state index contributed by atoms with van der Waals surface area (Å²) in [6.45, 7) is 4.97. The van der Waals surface area contributed by atoms with Crippen molar-refractivity contribution in [3.05, 3.63) is 71.3 Å². The number of aromatic nitrogens is 1. The van der Waals surface area contributed by atoms with Crippen LogP contribution in [0.15, 0.2) is 60.2 Å². The van der Waals surface area contributed by atoms with Crippen LogP contribution in [-0.2, 0) is 9.59 Å². The Kier molecular flexibility index (Phi) is 9.24. The second kappa shape index (κ2) is 13.3. The lowest BCUT2D eigenvalue weighted by Crippen LogP contribution is -2.29. The predicted molar refractivity (Wildman–Crippen MR) is 169 cm³/mol. The van der Waals surface area contributed by atoms with E-state index in [4.69, 9.17) is 28.7 Å². The van der Waals surface area contributed by atoms with E-state index in [-0.39, 0.29) is 16.5 Å². The van der Waals surface area contributed by atoms with Gasteiger partial charge in [-0.3, -0.25) is 14.5 Å². The van der Waals surface area contributed by atoms with Gasteiger partial charge in [0.25, 0.3) is 5.78 Å². The number of aliphatic hydroxyl groups is 1. The zero-order chi connectivity index (χ0) is 31.4. The summed E-state index contributed by atoms with van der Waals surface area (Å²) in [5.41, 5.74) is 1.31. The van der Waals surface area contributed by atoms with Gasteiger partial charge in [0.2, 0.25) is 5.75 Å². The van der Waals surface area contributed by atoms with Gasteiger partial charge in [0.05, 0.1) is 56.4 Å². The zero-order valence-corrected chi connectivity index (χ0v) is 26.0. The molecule has 0 aliphatic carbocycles. The average Bonchev–Trinajstić information content (AvgIpc) is 3.57. The summed E-state index contributed by atoms with van der Waals surface area (Å²) in [6.07, 6.45) is 1.84. The number of aliphatic hydroxyl groups excluding tert-OH is 1. The van der Waals surface area contributed by atoms with E-state index in [9.17, 15) is 14.7 Å². The molecule has 1 aromatic heterocycles. The van der Waals surface area contributed by atoms with Gasteiger partial charge in [-0.15, -0.1) is 0 Å². The van der Waals surface area contributed by atoms with E-state index in [0.717, 1.165) is 17.5 Å². The molecule has 1 N–H and O–H groups in total. The number of carbonyl (C=O) groups excluding carboxylic acids is 2. The first-order valence-corrected chi connectivity index (χ1v) is 15.0. The Morgan fingerprint density at radius 1 is 0.932 bits per heavy atom. The number of unbranched alkanes of at least 4 members (excludes halogenated alkanes) is 1. The predicted octanol–water partition coefficient (Wildman–Crippen LogP) is 6.53.